The summed E-state index contributed by atoms with van der Waals surface area (Å²) < 4.78 is 0.801. The summed E-state index contributed by atoms with van der Waals surface area (Å²) in [6.45, 7) is 0. The lowest BCUT2D eigenvalue weighted by Crippen LogP contribution is -2.14. The number of non-ortho nitro benzene ring substituents is 1. The molecule has 2 aromatic rings. The molecule has 9 heteroatoms. The van der Waals surface area contributed by atoms with Crippen LogP contribution in [0.2, 0.25) is 5.02 Å². The van der Waals surface area contributed by atoms with E-state index in [1.165, 1.54) is 41.3 Å². The Labute approximate surface area is 127 Å². The number of nitro benzene ring substituents is 1. The molecule has 1 N–H and O–H groups in total. The zero-order valence-electron chi connectivity index (χ0n) is 9.91. The van der Waals surface area contributed by atoms with E-state index in [1.807, 2.05) is 5.38 Å². The molecule has 6 nitrogen and oxygen atoms in total. The van der Waals surface area contributed by atoms with Crippen LogP contribution in [-0.2, 0) is 4.79 Å². The van der Waals surface area contributed by atoms with Crippen LogP contribution in [0.1, 0.15) is 0 Å². The molecular formula is C11H8ClN3O3S2. The van der Waals surface area contributed by atoms with Crippen LogP contribution in [0.3, 0.4) is 0 Å². The van der Waals surface area contributed by atoms with Gasteiger partial charge < -0.3 is 5.32 Å². The number of halogens is 1. The smallest absolute Gasteiger partial charge is 0.271 e. The van der Waals surface area contributed by atoms with Crippen LogP contribution in [0.5, 0.6) is 0 Å². The van der Waals surface area contributed by atoms with Crippen LogP contribution in [0, 0.1) is 10.1 Å². The van der Waals surface area contributed by atoms with Crippen LogP contribution < -0.4 is 5.32 Å². The van der Waals surface area contributed by atoms with Gasteiger partial charge in [0.05, 0.1) is 21.4 Å². The van der Waals surface area contributed by atoms with Gasteiger partial charge in [0.1, 0.15) is 4.34 Å². The predicted molar refractivity (Wildman–Crippen MR) is 79.6 cm³/mol. The topological polar surface area (TPSA) is 85.1 Å². The first kappa shape index (κ1) is 14.8. The fourth-order valence-electron chi connectivity index (χ4n) is 1.31. The number of thioether (sulfide) groups is 1. The zero-order chi connectivity index (χ0) is 14.5. The molecule has 0 bridgehead atoms. The van der Waals surface area contributed by atoms with Gasteiger partial charge in [-0.3, -0.25) is 14.9 Å². The third-order valence-corrected chi connectivity index (χ3v) is 4.45. The van der Waals surface area contributed by atoms with Crippen molar-refractivity contribution < 1.29 is 9.72 Å². The number of amides is 1. The minimum atomic E-state index is -0.546. The molecule has 0 aliphatic carbocycles. The number of anilines is 1. The number of rotatable bonds is 5. The Balaban J connectivity index is 1.95. The number of thiazole rings is 1. The van der Waals surface area contributed by atoms with Gasteiger partial charge in [0.25, 0.3) is 5.69 Å². The van der Waals surface area contributed by atoms with Gasteiger partial charge in [-0.2, -0.15) is 0 Å². The van der Waals surface area contributed by atoms with Gasteiger partial charge in [0, 0.05) is 23.7 Å². The molecule has 0 unspecified atom stereocenters. The molecule has 1 aromatic carbocycles. The summed E-state index contributed by atoms with van der Waals surface area (Å²) in [7, 11) is 0. The Hall–Kier alpha value is -1.64. The molecule has 104 valence electrons. The molecule has 0 atom stereocenters. The molecule has 20 heavy (non-hydrogen) atoms. The Bertz CT molecular complexity index is 634. The van der Waals surface area contributed by atoms with Crippen molar-refractivity contribution in [2.75, 3.05) is 11.1 Å². The van der Waals surface area contributed by atoms with E-state index >= 15 is 0 Å². The molecule has 1 heterocycles. The lowest BCUT2D eigenvalue weighted by Gasteiger charge is -2.06. The van der Waals surface area contributed by atoms with Crippen LogP contribution in [0.25, 0.3) is 0 Å². The van der Waals surface area contributed by atoms with E-state index in [-0.39, 0.29) is 22.4 Å². The highest BCUT2D eigenvalue weighted by Gasteiger charge is 2.12. The lowest BCUT2D eigenvalue weighted by molar-refractivity contribution is -0.384. The highest BCUT2D eigenvalue weighted by molar-refractivity contribution is 8.01. The van der Waals surface area contributed by atoms with E-state index in [4.69, 9.17) is 11.6 Å². The van der Waals surface area contributed by atoms with E-state index in [0.717, 1.165) is 4.34 Å². The number of hydrogen-bond acceptors (Lipinski definition) is 6. The van der Waals surface area contributed by atoms with E-state index < -0.39 is 4.92 Å². The number of benzene rings is 1. The monoisotopic (exact) mass is 329 g/mol. The van der Waals surface area contributed by atoms with Crippen LogP contribution in [-0.4, -0.2) is 21.6 Å². The maximum atomic E-state index is 11.7. The molecule has 1 amide bonds. The Morgan fingerprint density at radius 3 is 2.95 bits per heavy atom. The first-order chi connectivity index (χ1) is 9.56. The van der Waals surface area contributed by atoms with Crippen molar-refractivity contribution in [3.05, 3.63) is 44.9 Å². The third kappa shape index (κ3) is 3.92. The number of carbonyl (C=O) groups is 1. The summed E-state index contributed by atoms with van der Waals surface area (Å²) in [6, 6.07) is 3.90. The minimum Gasteiger partial charge on any atom is -0.324 e. The van der Waals surface area contributed by atoms with Gasteiger partial charge in [-0.05, 0) is 6.07 Å². The van der Waals surface area contributed by atoms with Crippen molar-refractivity contribution in [2.45, 2.75) is 4.34 Å². The van der Waals surface area contributed by atoms with Gasteiger partial charge >= 0.3 is 0 Å². The predicted octanol–water partition coefficient (Wildman–Crippen LogP) is 3.44. The lowest BCUT2D eigenvalue weighted by atomic mass is 10.3. The van der Waals surface area contributed by atoms with Crippen molar-refractivity contribution in [3.63, 3.8) is 0 Å². The fourth-order valence-corrected chi connectivity index (χ4v) is 2.97. The summed E-state index contributed by atoms with van der Waals surface area (Å²) in [6.07, 6.45) is 1.66. The second kappa shape index (κ2) is 6.69. The van der Waals surface area contributed by atoms with Crippen molar-refractivity contribution in [2.24, 2.45) is 0 Å². The average molecular weight is 330 g/mol. The normalized spacial score (nSPS) is 10.2. The molecule has 0 aliphatic rings. The summed E-state index contributed by atoms with van der Waals surface area (Å²) >= 11 is 8.64. The first-order valence-electron chi connectivity index (χ1n) is 5.32. The molecule has 0 radical (unpaired) electrons. The summed E-state index contributed by atoms with van der Waals surface area (Å²) in [5.41, 5.74) is 0.229. The largest absolute Gasteiger partial charge is 0.324 e. The summed E-state index contributed by atoms with van der Waals surface area (Å²) in [5.74, 6) is -0.0538. The highest BCUT2D eigenvalue weighted by Crippen LogP contribution is 2.27. The SMILES string of the molecule is O=C(CSc1nccs1)Nc1ccc([N+](=O)[O-])cc1Cl. The second-order valence-electron chi connectivity index (χ2n) is 3.56. The number of aromatic nitrogens is 1. The average Bonchev–Trinajstić information content (AvgIpc) is 2.91. The highest BCUT2D eigenvalue weighted by atomic mass is 35.5. The van der Waals surface area contributed by atoms with Gasteiger partial charge in [0.15, 0.2) is 0 Å². The first-order valence-corrected chi connectivity index (χ1v) is 7.56. The molecule has 2 rings (SSSR count). The summed E-state index contributed by atoms with van der Waals surface area (Å²) in [4.78, 5) is 25.8. The Morgan fingerprint density at radius 1 is 1.55 bits per heavy atom. The standard InChI is InChI=1S/C11H8ClN3O3S2/c12-8-5-7(15(17)18)1-2-9(8)14-10(16)6-20-11-13-3-4-19-11/h1-5H,6H2,(H,14,16). The summed E-state index contributed by atoms with van der Waals surface area (Å²) in [5, 5.41) is 15.1. The van der Waals surface area contributed by atoms with Gasteiger partial charge in [0.2, 0.25) is 5.91 Å². The second-order valence-corrected chi connectivity index (χ2v) is 6.08. The third-order valence-electron chi connectivity index (χ3n) is 2.17. The van der Waals surface area contributed by atoms with Crippen molar-refractivity contribution in [1.82, 2.24) is 4.98 Å². The van der Waals surface area contributed by atoms with Gasteiger partial charge in [-0.15, -0.1) is 11.3 Å². The molecule has 0 saturated heterocycles. The molecule has 0 spiro atoms. The Morgan fingerprint density at radius 2 is 2.35 bits per heavy atom. The van der Waals surface area contributed by atoms with E-state index in [2.05, 4.69) is 10.3 Å². The number of hydrogen-bond donors (Lipinski definition) is 1. The molecule has 0 aliphatic heterocycles. The zero-order valence-corrected chi connectivity index (χ0v) is 12.3. The van der Waals surface area contributed by atoms with Gasteiger partial charge in [-0.1, -0.05) is 23.4 Å². The number of nitrogens with zero attached hydrogens (tertiary/aromatic N) is 2. The number of carbonyl (C=O) groups excluding carboxylic acids is 1. The van der Waals surface area contributed by atoms with Crippen LogP contribution in [0.4, 0.5) is 11.4 Å². The number of nitrogens with one attached hydrogen (secondary N) is 1. The molecule has 0 fully saturated rings. The van der Waals surface area contributed by atoms with Crippen molar-refractivity contribution >= 4 is 52.0 Å². The van der Waals surface area contributed by atoms with E-state index in [9.17, 15) is 14.9 Å². The minimum absolute atomic E-state index is 0.120. The van der Waals surface area contributed by atoms with Crippen LogP contribution >= 0.6 is 34.7 Å². The maximum absolute atomic E-state index is 11.7. The Kier molecular flexibility index (Phi) is 4.94. The molecular weight excluding hydrogens is 322 g/mol. The molecule has 0 saturated carbocycles. The van der Waals surface area contributed by atoms with E-state index in [0.29, 0.717) is 5.69 Å². The van der Waals surface area contributed by atoms with Crippen molar-refractivity contribution in [3.8, 4) is 0 Å². The number of nitro groups is 1. The maximum Gasteiger partial charge on any atom is 0.271 e. The van der Waals surface area contributed by atoms with Crippen LogP contribution in [0.15, 0.2) is 34.1 Å². The van der Waals surface area contributed by atoms with E-state index in [1.54, 1.807) is 6.20 Å². The fraction of sp³-hybridized carbons (Fsp3) is 0.0909. The molecule has 1 aromatic heterocycles. The quantitative estimate of drug-likeness (QED) is 0.516. The van der Waals surface area contributed by atoms with Crippen molar-refractivity contribution in [1.29, 1.82) is 0 Å². The van der Waals surface area contributed by atoms with Gasteiger partial charge in [-0.25, -0.2) is 4.98 Å².